The topological polar surface area (TPSA) is 70.6 Å². The molecule has 0 aromatic heterocycles. The van der Waals surface area contributed by atoms with Crippen LogP contribution in [0.1, 0.15) is 18.6 Å². The molecule has 5 nitrogen and oxygen atoms in total. The van der Waals surface area contributed by atoms with Gasteiger partial charge < -0.3 is 20.5 Å². The quantitative estimate of drug-likeness (QED) is 0.727. The Bertz CT molecular complexity index is 397. The summed E-state index contributed by atoms with van der Waals surface area (Å²) in [6, 6.07) is 5.21. The van der Waals surface area contributed by atoms with Gasteiger partial charge in [0.2, 0.25) is 0 Å². The van der Waals surface area contributed by atoms with E-state index >= 15 is 0 Å². The van der Waals surface area contributed by atoms with Gasteiger partial charge in [0.05, 0.1) is 18.8 Å². The molecular weight excluding hydrogens is 251 g/mol. The largest absolute Gasteiger partial charge is 0.394 e. The Kier molecular flexibility index (Phi) is 6.24. The minimum absolute atomic E-state index is 0.126. The molecule has 106 valence electrons. The molecule has 0 radical (unpaired) electrons. The Morgan fingerprint density at radius 1 is 1.42 bits per heavy atom. The van der Waals surface area contributed by atoms with E-state index in [2.05, 4.69) is 10.6 Å². The number of hydrogen-bond acceptors (Lipinski definition) is 3. The zero-order chi connectivity index (χ0) is 14.3. The molecule has 0 unspecified atom stereocenters. The second kappa shape index (κ2) is 7.70. The highest BCUT2D eigenvalue weighted by Crippen LogP contribution is 2.15. The molecule has 6 heteroatoms. The summed E-state index contributed by atoms with van der Waals surface area (Å²) in [6.07, 6.45) is -0.351. The molecule has 19 heavy (non-hydrogen) atoms. The molecule has 2 amide bonds. The molecule has 0 aliphatic carbocycles. The molecule has 0 saturated heterocycles. The zero-order valence-corrected chi connectivity index (χ0v) is 11.0. The van der Waals surface area contributed by atoms with Crippen molar-refractivity contribution >= 4 is 6.03 Å². The first kappa shape index (κ1) is 15.4. The van der Waals surface area contributed by atoms with E-state index < -0.39 is 0 Å². The minimum atomic E-state index is -0.384. The van der Waals surface area contributed by atoms with E-state index in [0.29, 0.717) is 0 Å². The molecule has 0 aliphatic rings. The van der Waals surface area contributed by atoms with Crippen molar-refractivity contribution in [3.05, 3.63) is 35.6 Å². The summed E-state index contributed by atoms with van der Waals surface area (Å²) in [6.45, 7) is 1.82. The van der Waals surface area contributed by atoms with Crippen LogP contribution in [0.2, 0.25) is 0 Å². The first-order chi connectivity index (χ1) is 9.06. The van der Waals surface area contributed by atoms with Gasteiger partial charge in [-0.1, -0.05) is 12.1 Å². The number of ether oxygens (including phenoxy) is 1. The standard InChI is InChI=1S/C13H19FN2O3/c1-9(8-17)16-13(18)15-7-12(19-2)10-3-5-11(14)6-4-10/h3-6,9,12,17H,7-8H2,1-2H3,(H2,15,16,18)/t9-,12-/m0/s1. The molecule has 2 atom stereocenters. The number of aliphatic hydroxyl groups excluding tert-OH is 1. The third-order valence-electron chi connectivity index (χ3n) is 2.63. The molecule has 1 aromatic carbocycles. The summed E-state index contributed by atoms with van der Waals surface area (Å²) in [7, 11) is 1.52. The van der Waals surface area contributed by atoms with Gasteiger partial charge in [-0.15, -0.1) is 0 Å². The minimum Gasteiger partial charge on any atom is -0.394 e. The Balaban J connectivity index is 2.49. The molecule has 0 aliphatic heterocycles. The van der Waals surface area contributed by atoms with Crippen LogP contribution < -0.4 is 10.6 Å². The van der Waals surface area contributed by atoms with Crippen LogP contribution in [0.15, 0.2) is 24.3 Å². The number of hydrogen-bond donors (Lipinski definition) is 3. The van der Waals surface area contributed by atoms with Gasteiger partial charge in [-0.3, -0.25) is 0 Å². The van der Waals surface area contributed by atoms with Gasteiger partial charge in [-0.25, -0.2) is 9.18 Å². The average Bonchev–Trinajstić information content (AvgIpc) is 2.41. The third-order valence-corrected chi connectivity index (χ3v) is 2.63. The molecule has 0 bridgehead atoms. The van der Waals surface area contributed by atoms with Crippen LogP contribution >= 0.6 is 0 Å². The number of methoxy groups -OCH3 is 1. The van der Waals surface area contributed by atoms with E-state index in [1.807, 2.05) is 0 Å². The van der Waals surface area contributed by atoms with Gasteiger partial charge in [0.15, 0.2) is 0 Å². The van der Waals surface area contributed by atoms with Crippen molar-refractivity contribution in [2.24, 2.45) is 0 Å². The molecular formula is C13H19FN2O3. The van der Waals surface area contributed by atoms with Crippen molar-refractivity contribution in [1.82, 2.24) is 10.6 Å². The zero-order valence-electron chi connectivity index (χ0n) is 11.0. The highest BCUT2D eigenvalue weighted by molar-refractivity contribution is 5.74. The van der Waals surface area contributed by atoms with Crippen LogP contribution in [0.5, 0.6) is 0 Å². The van der Waals surface area contributed by atoms with Crippen LogP contribution in [-0.4, -0.2) is 37.4 Å². The monoisotopic (exact) mass is 270 g/mol. The molecule has 3 N–H and O–H groups in total. The van der Waals surface area contributed by atoms with Crippen LogP contribution in [0.4, 0.5) is 9.18 Å². The van der Waals surface area contributed by atoms with E-state index in [4.69, 9.17) is 9.84 Å². The predicted octanol–water partition coefficient (Wildman–Crippen LogP) is 1.19. The van der Waals surface area contributed by atoms with Crippen LogP contribution in [0, 0.1) is 5.82 Å². The Hall–Kier alpha value is -1.66. The number of carbonyl (C=O) groups is 1. The molecule has 0 fully saturated rings. The van der Waals surface area contributed by atoms with Gasteiger partial charge in [0, 0.05) is 13.7 Å². The van der Waals surface area contributed by atoms with Crippen LogP contribution in [0.3, 0.4) is 0 Å². The third kappa shape index (κ3) is 5.23. The summed E-state index contributed by atoms with van der Waals surface area (Å²) in [5, 5.41) is 14.0. The lowest BCUT2D eigenvalue weighted by atomic mass is 10.1. The average molecular weight is 270 g/mol. The summed E-state index contributed by atoms with van der Waals surface area (Å²) in [4.78, 5) is 11.5. The number of amides is 2. The van der Waals surface area contributed by atoms with Crippen molar-refractivity contribution in [3.63, 3.8) is 0 Å². The Morgan fingerprint density at radius 2 is 2.05 bits per heavy atom. The van der Waals surface area contributed by atoms with E-state index in [1.165, 1.54) is 19.2 Å². The second-order valence-corrected chi connectivity index (χ2v) is 4.21. The fraction of sp³-hybridized carbons (Fsp3) is 0.462. The fourth-order valence-corrected chi connectivity index (χ4v) is 1.52. The second-order valence-electron chi connectivity index (χ2n) is 4.21. The maximum atomic E-state index is 12.8. The van der Waals surface area contributed by atoms with Crippen molar-refractivity contribution in [3.8, 4) is 0 Å². The van der Waals surface area contributed by atoms with E-state index in [1.54, 1.807) is 19.1 Å². The molecule has 1 aromatic rings. The highest BCUT2D eigenvalue weighted by atomic mass is 19.1. The Labute approximate surface area is 111 Å². The van der Waals surface area contributed by atoms with Crippen molar-refractivity contribution in [2.45, 2.75) is 19.1 Å². The van der Waals surface area contributed by atoms with Crippen LogP contribution in [-0.2, 0) is 4.74 Å². The summed E-state index contributed by atoms with van der Waals surface area (Å²) in [5.74, 6) is -0.318. The number of nitrogens with one attached hydrogen (secondary N) is 2. The van der Waals surface area contributed by atoms with Gasteiger partial charge in [-0.2, -0.15) is 0 Å². The van der Waals surface area contributed by atoms with Crippen LogP contribution in [0.25, 0.3) is 0 Å². The highest BCUT2D eigenvalue weighted by Gasteiger charge is 2.13. The summed E-state index contributed by atoms with van der Waals surface area (Å²) >= 11 is 0. The number of halogens is 1. The molecule has 0 saturated carbocycles. The number of carbonyl (C=O) groups excluding carboxylic acids is 1. The number of rotatable bonds is 6. The van der Waals surface area contributed by atoms with Crippen molar-refractivity contribution in [2.75, 3.05) is 20.3 Å². The maximum absolute atomic E-state index is 12.8. The molecule has 1 rings (SSSR count). The number of benzene rings is 1. The van der Waals surface area contributed by atoms with Gasteiger partial charge in [-0.05, 0) is 24.6 Å². The number of aliphatic hydroxyl groups is 1. The molecule has 0 heterocycles. The van der Waals surface area contributed by atoms with E-state index in [-0.39, 0.29) is 37.1 Å². The first-order valence-corrected chi connectivity index (χ1v) is 6.00. The van der Waals surface area contributed by atoms with Crippen molar-refractivity contribution < 1.29 is 19.0 Å². The predicted molar refractivity (Wildman–Crippen MR) is 69.2 cm³/mol. The number of urea groups is 1. The Morgan fingerprint density at radius 3 is 2.58 bits per heavy atom. The first-order valence-electron chi connectivity index (χ1n) is 6.00. The lowest BCUT2D eigenvalue weighted by Gasteiger charge is -2.18. The normalized spacial score (nSPS) is 13.7. The van der Waals surface area contributed by atoms with E-state index in [0.717, 1.165) is 5.56 Å². The van der Waals surface area contributed by atoms with Gasteiger partial charge in [0.1, 0.15) is 5.82 Å². The van der Waals surface area contributed by atoms with Gasteiger partial charge >= 0.3 is 6.03 Å². The lowest BCUT2D eigenvalue weighted by Crippen LogP contribution is -2.43. The summed E-state index contributed by atoms with van der Waals surface area (Å²) < 4.78 is 18.0. The SMILES string of the molecule is CO[C@@H](CNC(=O)N[C@@H](C)CO)c1ccc(F)cc1. The lowest BCUT2D eigenvalue weighted by molar-refractivity contribution is 0.103. The summed E-state index contributed by atoms with van der Waals surface area (Å²) in [5.41, 5.74) is 0.777. The maximum Gasteiger partial charge on any atom is 0.315 e. The molecule has 0 spiro atoms. The van der Waals surface area contributed by atoms with Gasteiger partial charge in [0.25, 0.3) is 0 Å². The van der Waals surface area contributed by atoms with E-state index in [9.17, 15) is 9.18 Å². The fourth-order valence-electron chi connectivity index (χ4n) is 1.52. The van der Waals surface area contributed by atoms with Crippen molar-refractivity contribution in [1.29, 1.82) is 0 Å². The smallest absolute Gasteiger partial charge is 0.315 e.